The molecule has 11 nitrogen and oxygen atoms in total. The first-order chi connectivity index (χ1) is 11.9. The van der Waals surface area contributed by atoms with Crippen molar-refractivity contribution in [2.75, 3.05) is 13.2 Å². The van der Waals surface area contributed by atoms with Crippen molar-refractivity contribution in [3.8, 4) is 0 Å². The molecule has 0 aromatic carbocycles. The number of nitrogens with zero attached hydrogens (tertiary/aromatic N) is 1. The van der Waals surface area contributed by atoms with E-state index >= 15 is 0 Å². The van der Waals surface area contributed by atoms with Gasteiger partial charge in [0.05, 0.1) is 13.2 Å². The van der Waals surface area contributed by atoms with Gasteiger partial charge in [-0.2, -0.15) is 0 Å². The Hall–Kier alpha value is -0.890. The molecular weight excluding hydrogens is 342 g/mol. The van der Waals surface area contributed by atoms with E-state index in [0.717, 1.165) is 0 Å². The number of rotatable bonds is 4. The van der Waals surface area contributed by atoms with Gasteiger partial charge in [0.25, 0.3) is 0 Å². The fourth-order valence-electron chi connectivity index (χ4n) is 3.20. The van der Waals surface area contributed by atoms with E-state index in [9.17, 15) is 30.6 Å². The second-order valence-electron chi connectivity index (χ2n) is 6.27. The minimum absolute atomic E-state index is 0.319. The molecule has 3 aliphatic rings. The molecule has 0 aromatic heterocycles. The van der Waals surface area contributed by atoms with E-state index in [1.807, 2.05) is 0 Å². The van der Waals surface area contributed by atoms with E-state index in [2.05, 4.69) is 4.99 Å². The SMILES string of the molecule is CC1=NC2C(O)[C@H](O[C@@H]3OC(CO)[C@@H](O)C(O)C3O)C(CO)O[C@H]2O1. The summed E-state index contributed by atoms with van der Waals surface area (Å²) in [4.78, 5) is 4.11. The summed E-state index contributed by atoms with van der Waals surface area (Å²) in [6, 6.07) is -0.780. The topological polar surface area (TPSA) is 171 Å². The fourth-order valence-corrected chi connectivity index (χ4v) is 3.20. The van der Waals surface area contributed by atoms with Crippen LogP contribution in [0.25, 0.3) is 0 Å². The normalized spacial score (nSPS) is 50.1. The van der Waals surface area contributed by atoms with E-state index in [1.54, 1.807) is 6.92 Å². The van der Waals surface area contributed by atoms with E-state index in [-0.39, 0.29) is 0 Å². The second-order valence-corrected chi connectivity index (χ2v) is 6.27. The molecule has 0 radical (unpaired) electrons. The molecule has 0 amide bonds. The van der Waals surface area contributed by atoms with Crippen molar-refractivity contribution in [3.63, 3.8) is 0 Å². The molecule has 2 saturated heterocycles. The average molecular weight is 365 g/mol. The lowest BCUT2D eigenvalue weighted by Crippen LogP contribution is -2.63. The molecule has 0 spiro atoms. The van der Waals surface area contributed by atoms with Crippen LogP contribution in [0.4, 0.5) is 0 Å². The number of aliphatic hydroxyl groups is 6. The summed E-state index contributed by atoms with van der Waals surface area (Å²) in [5.41, 5.74) is 0. The summed E-state index contributed by atoms with van der Waals surface area (Å²) in [5, 5.41) is 58.9. The van der Waals surface area contributed by atoms with E-state index < -0.39 is 74.6 Å². The number of aliphatic hydroxyl groups excluding tert-OH is 6. The van der Waals surface area contributed by atoms with Crippen LogP contribution in [0.5, 0.6) is 0 Å². The first kappa shape index (κ1) is 18.9. The van der Waals surface area contributed by atoms with Gasteiger partial charge in [0.15, 0.2) is 12.2 Å². The van der Waals surface area contributed by atoms with Crippen molar-refractivity contribution in [3.05, 3.63) is 0 Å². The third-order valence-electron chi connectivity index (χ3n) is 4.58. The van der Waals surface area contributed by atoms with Crippen molar-refractivity contribution in [2.45, 2.75) is 68.3 Å². The molecule has 25 heavy (non-hydrogen) atoms. The molecule has 3 heterocycles. The van der Waals surface area contributed by atoms with Crippen LogP contribution in [-0.2, 0) is 18.9 Å². The summed E-state index contributed by atoms with van der Waals surface area (Å²) in [6.07, 6.45) is -11.6. The van der Waals surface area contributed by atoms with Crippen molar-refractivity contribution in [1.29, 1.82) is 0 Å². The maximum atomic E-state index is 10.5. The van der Waals surface area contributed by atoms with E-state index in [4.69, 9.17) is 18.9 Å². The molecule has 10 atom stereocenters. The van der Waals surface area contributed by atoms with Gasteiger partial charge < -0.3 is 49.6 Å². The summed E-state index contributed by atoms with van der Waals surface area (Å²) in [5.74, 6) is 0.319. The zero-order valence-electron chi connectivity index (χ0n) is 13.5. The van der Waals surface area contributed by atoms with Crippen LogP contribution < -0.4 is 0 Å². The zero-order chi connectivity index (χ0) is 18.3. The predicted molar refractivity (Wildman–Crippen MR) is 78.4 cm³/mol. The summed E-state index contributed by atoms with van der Waals surface area (Å²) >= 11 is 0. The maximum Gasteiger partial charge on any atom is 0.227 e. The van der Waals surface area contributed by atoms with Crippen LogP contribution in [0.15, 0.2) is 4.99 Å². The quantitative estimate of drug-likeness (QED) is 0.289. The van der Waals surface area contributed by atoms with E-state index in [1.165, 1.54) is 0 Å². The summed E-state index contributed by atoms with van der Waals surface area (Å²) in [6.45, 7) is 0.473. The van der Waals surface area contributed by atoms with Gasteiger partial charge in [-0.3, -0.25) is 0 Å². The van der Waals surface area contributed by atoms with Crippen LogP contribution >= 0.6 is 0 Å². The van der Waals surface area contributed by atoms with Crippen LogP contribution in [0.2, 0.25) is 0 Å². The largest absolute Gasteiger partial charge is 0.450 e. The zero-order valence-corrected chi connectivity index (χ0v) is 13.5. The van der Waals surface area contributed by atoms with Gasteiger partial charge in [0.1, 0.15) is 48.8 Å². The molecule has 0 aliphatic carbocycles. The van der Waals surface area contributed by atoms with Crippen molar-refractivity contribution in [2.24, 2.45) is 4.99 Å². The monoisotopic (exact) mass is 365 g/mol. The lowest BCUT2D eigenvalue weighted by molar-refractivity contribution is -0.341. The number of hydrogen-bond donors (Lipinski definition) is 6. The van der Waals surface area contributed by atoms with Gasteiger partial charge in [0.2, 0.25) is 6.29 Å². The summed E-state index contributed by atoms with van der Waals surface area (Å²) in [7, 11) is 0. The molecule has 0 aromatic rings. The van der Waals surface area contributed by atoms with Gasteiger partial charge in [-0.05, 0) is 0 Å². The van der Waals surface area contributed by atoms with E-state index in [0.29, 0.717) is 5.90 Å². The first-order valence-corrected chi connectivity index (χ1v) is 7.98. The molecule has 0 bridgehead atoms. The molecule has 144 valence electrons. The van der Waals surface area contributed by atoms with Crippen LogP contribution in [0, 0.1) is 0 Å². The highest BCUT2D eigenvalue weighted by molar-refractivity contribution is 5.75. The first-order valence-electron chi connectivity index (χ1n) is 7.98. The van der Waals surface area contributed by atoms with Crippen molar-refractivity contribution >= 4 is 5.90 Å². The highest BCUT2D eigenvalue weighted by Crippen LogP contribution is 2.32. The molecule has 2 fully saturated rings. The third-order valence-corrected chi connectivity index (χ3v) is 4.58. The Morgan fingerprint density at radius 1 is 0.920 bits per heavy atom. The Morgan fingerprint density at radius 3 is 2.24 bits per heavy atom. The molecule has 3 rings (SSSR count). The average Bonchev–Trinajstić information content (AvgIpc) is 2.97. The van der Waals surface area contributed by atoms with Gasteiger partial charge in [-0.15, -0.1) is 0 Å². The Morgan fingerprint density at radius 2 is 1.60 bits per heavy atom. The molecule has 0 saturated carbocycles. The van der Waals surface area contributed by atoms with Gasteiger partial charge in [-0.1, -0.05) is 0 Å². The maximum absolute atomic E-state index is 10.5. The Balaban J connectivity index is 1.75. The summed E-state index contributed by atoms with van der Waals surface area (Å²) < 4.78 is 21.6. The fraction of sp³-hybridized carbons (Fsp3) is 0.929. The Bertz CT molecular complexity index is 502. The van der Waals surface area contributed by atoms with Crippen molar-refractivity contribution in [1.82, 2.24) is 0 Å². The number of hydrogen-bond acceptors (Lipinski definition) is 11. The molecule has 6 N–H and O–H groups in total. The molecule has 11 heteroatoms. The van der Waals surface area contributed by atoms with Gasteiger partial charge in [-0.25, -0.2) is 4.99 Å². The minimum atomic E-state index is -1.63. The molecular formula is C14H23NO10. The lowest BCUT2D eigenvalue weighted by Gasteiger charge is -2.44. The third kappa shape index (κ3) is 3.39. The van der Waals surface area contributed by atoms with Crippen LogP contribution in [0.3, 0.4) is 0 Å². The highest BCUT2D eigenvalue weighted by atomic mass is 16.7. The number of aliphatic imine (C=N–C) groups is 1. The van der Waals surface area contributed by atoms with Crippen molar-refractivity contribution < 1.29 is 49.6 Å². The van der Waals surface area contributed by atoms with Gasteiger partial charge in [0, 0.05) is 6.92 Å². The molecule has 3 aliphatic heterocycles. The Labute approximate surface area is 143 Å². The lowest BCUT2D eigenvalue weighted by atomic mass is 9.96. The number of ether oxygens (including phenoxy) is 4. The highest BCUT2D eigenvalue weighted by Gasteiger charge is 2.52. The smallest absolute Gasteiger partial charge is 0.227 e. The van der Waals surface area contributed by atoms with Crippen LogP contribution in [-0.4, -0.2) is 111 Å². The second kappa shape index (κ2) is 7.39. The molecule has 6 unspecified atom stereocenters. The predicted octanol–water partition coefficient (Wildman–Crippen LogP) is -3.93. The van der Waals surface area contributed by atoms with Gasteiger partial charge >= 0.3 is 0 Å². The Kier molecular flexibility index (Phi) is 5.58. The minimum Gasteiger partial charge on any atom is -0.450 e. The number of fused-ring (bicyclic) bond motifs is 1. The van der Waals surface area contributed by atoms with Crippen LogP contribution in [0.1, 0.15) is 6.92 Å². The standard InChI is InChI=1S/C14H23NO10/c1-4-15-7-9(19)12(6(3-17)24-13(7)22-4)25-14-11(21)10(20)8(18)5(2-16)23-14/h5-14,16-21H,2-3H2,1H3/t5?,6?,7?,8-,9?,10?,11?,12-,13-,14+/m1/s1.